The average molecular weight is 393 g/mol. The van der Waals surface area contributed by atoms with Gasteiger partial charge in [0.1, 0.15) is 11.4 Å². The zero-order chi connectivity index (χ0) is 20.5. The number of aromatic nitrogens is 1. The van der Waals surface area contributed by atoms with Gasteiger partial charge in [0.25, 0.3) is 0 Å². The normalized spacial score (nSPS) is 10.7. The third-order valence-corrected chi connectivity index (χ3v) is 4.77. The van der Waals surface area contributed by atoms with Crippen LogP contribution < -0.4 is 4.74 Å². The molecule has 0 saturated heterocycles. The fraction of sp³-hybridized carbons (Fsp3) is 0.333. The van der Waals surface area contributed by atoms with E-state index in [-0.39, 0.29) is 5.97 Å². The Balaban J connectivity index is 1.58. The summed E-state index contributed by atoms with van der Waals surface area (Å²) in [5, 5.41) is 4.14. The number of benzene rings is 2. The van der Waals surface area contributed by atoms with Crippen LogP contribution in [0, 0.1) is 0 Å². The SMILES string of the molecule is CCCCCCCOc1ccc(-c2cc(-c3ccc(C(=O)OC)cc3)no2)cc1. The summed E-state index contributed by atoms with van der Waals surface area (Å²) in [5.41, 5.74) is 3.02. The van der Waals surface area contributed by atoms with Gasteiger partial charge >= 0.3 is 5.97 Å². The number of hydrogen-bond acceptors (Lipinski definition) is 5. The van der Waals surface area contributed by atoms with Gasteiger partial charge in [0.05, 0.1) is 19.3 Å². The second-order valence-corrected chi connectivity index (χ2v) is 6.93. The number of nitrogens with zero attached hydrogens (tertiary/aromatic N) is 1. The lowest BCUT2D eigenvalue weighted by Crippen LogP contribution is -2.00. The molecular weight excluding hydrogens is 366 g/mol. The fourth-order valence-corrected chi connectivity index (χ4v) is 3.05. The molecule has 0 aliphatic carbocycles. The number of carbonyl (C=O) groups excluding carboxylic acids is 1. The Morgan fingerprint density at radius 1 is 0.931 bits per heavy atom. The Hall–Kier alpha value is -3.08. The van der Waals surface area contributed by atoms with Crippen LogP contribution in [0.15, 0.2) is 59.1 Å². The molecule has 0 atom stereocenters. The number of esters is 1. The molecule has 1 aromatic heterocycles. The first kappa shape index (κ1) is 20.6. The Labute approximate surface area is 171 Å². The third kappa shape index (κ3) is 5.70. The smallest absolute Gasteiger partial charge is 0.337 e. The van der Waals surface area contributed by atoms with E-state index in [1.54, 1.807) is 12.1 Å². The lowest BCUT2D eigenvalue weighted by molar-refractivity contribution is 0.0600. The molecule has 0 fully saturated rings. The first-order valence-electron chi connectivity index (χ1n) is 10.1. The molecule has 3 aromatic rings. The van der Waals surface area contributed by atoms with Gasteiger partial charge in [0.15, 0.2) is 5.76 Å². The quantitative estimate of drug-likeness (QED) is 0.306. The van der Waals surface area contributed by atoms with Crippen LogP contribution in [-0.2, 0) is 4.74 Å². The molecule has 29 heavy (non-hydrogen) atoms. The number of methoxy groups -OCH3 is 1. The van der Waals surface area contributed by atoms with Gasteiger partial charge in [-0.25, -0.2) is 4.79 Å². The molecule has 0 aliphatic heterocycles. The van der Waals surface area contributed by atoms with Gasteiger partial charge in [-0.2, -0.15) is 0 Å². The highest BCUT2D eigenvalue weighted by atomic mass is 16.5. The van der Waals surface area contributed by atoms with Crippen LogP contribution in [-0.4, -0.2) is 24.8 Å². The predicted octanol–water partition coefficient (Wildman–Crippen LogP) is 6.14. The minimum atomic E-state index is -0.361. The molecule has 2 aromatic carbocycles. The summed E-state index contributed by atoms with van der Waals surface area (Å²) < 4.78 is 16.0. The molecule has 0 saturated carbocycles. The van der Waals surface area contributed by atoms with E-state index in [9.17, 15) is 4.79 Å². The molecule has 0 N–H and O–H groups in total. The van der Waals surface area contributed by atoms with Crippen LogP contribution in [0.25, 0.3) is 22.6 Å². The molecule has 5 heteroatoms. The third-order valence-electron chi connectivity index (χ3n) is 4.77. The molecule has 0 amide bonds. The highest BCUT2D eigenvalue weighted by molar-refractivity contribution is 5.89. The minimum Gasteiger partial charge on any atom is -0.494 e. The molecule has 5 nitrogen and oxygen atoms in total. The van der Waals surface area contributed by atoms with E-state index in [0.29, 0.717) is 17.0 Å². The van der Waals surface area contributed by atoms with E-state index in [1.807, 2.05) is 42.5 Å². The highest BCUT2D eigenvalue weighted by Crippen LogP contribution is 2.27. The van der Waals surface area contributed by atoms with Crippen LogP contribution in [0.2, 0.25) is 0 Å². The van der Waals surface area contributed by atoms with Crippen LogP contribution in [0.3, 0.4) is 0 Å². The molecule has 0 spiro atoms. The summed E-state index contributed by atoms with van der Waals surface area (Å²) in [7, 11) is 1.37. The van der Waals surface area contributed by atoms with E-state index in [2.05, 4.69) is 12.1 Å². The van der Waals surface area contributed by atoms with Gasteiger partial charge in [-0.1, -0.05) is 49.9 Å². The summed E-state index contributed by atoms with van der Waals surface area (Å²) in [4.78, 5) is 11.5. The van der Waals surface area contributed by atoms with Crippen LogP contribution in [0.5, 0.6) is 5.75 Å². The summed E-state index contributed by atoms with van der Waals surface area (Å²) in [5.74, 6) is 1.19. The van der Waals surface area contributed by atoms with Crippen molar-refractivity contribution in [2.75, 3.05) is 13.7 Å². The van der Waals surface area contributed by atoms with Gasteiger partial charge in [-0.05, 0) is 42.8 Å². The second-order valence-electron chi connectivity index (χ2n) is 6.93. The first-order valence-corrected chi connectivity index (χ1v) is 10.1. The molecule has 1 heterocycles. The Kier molecular flexibility index (Phi) is 7.45. The van der Waals surface area contributed by atoms with E-state index >= 15 is 0 Å². The highest BCUT2D eigenvalue weighted by Gasteiger charge is 2.10. The number of unbranched alkanes of at least 4 members (excludes halogenated alkanes) is 4. The molecule has 0 unspecified atom stereocenters. The van der Waals surface area contributed by atoms with Gasteiger partial charge < -0.3 is 14.0 Å². The lowest BCUT2D eigenvalue weighted by Gasteiger charge is -2.06. The van der Waals surface area contributed by atoms with Gasteiger partial charge in [0, 0.05) is 17.2 Å². The van der Waals surface area contributed by atoms with Gasteiger partial charge in [-0.3, -0.25) is 0 Å². The number of hydrogen-bond donors (Lipinski definition) is 0. The van der Waals surface area contributed by atoms with Crippen molar-refractivity contribution in [3.05, 3.63) is 60.2 Å². The van der Waals surface area contributed by atoms with Gasteiger partial charge in [0.2, 0.25) is 0 Å². The zero-order valence-electron chi connectivity index (χ0n) is 17.0. The lowest BCUT2D eigenvalue weighted by atomic mass is 10.1. The largest absolute Gasteiger partial charge is 0.494 e. The van der Waals surface area contributed by atoms with Crippen molar-refractivity contribution >= 4 is 5.97 Å². The summed E-state index contributed by atoms with van der Waals surface area (Å²) in [6.07, 6.45) is 6.13. The summed E-state index contributed by atoms with van der Waals surface area (Å²) in [6, 6.07) is 16.8. The maximum atomic E-state index is 11.5. The summed E-state index contributed by atoms with van der Waals surface area (Å²) in [6.45, 7) is 2.97. The first-order chi connectivity index (χ1) is 14.2. The van der Waals surface area contributed by atoms with Gasteiger partial charge in [-0.15, -0.1) is 0 Å². The van der Waals surface area contributed by atoms with Crippen LogP contribution >= 0.6 is 0 Å². The zero-order valence-corrected chi connectivity index (χ0v) is 17.0. The molecule has 0 bridgehead atoms. The Morgan fingerprint density at radius 3 is 2.31 bits per heavy atom. The van der Waals surface area contributed by atoms with E-state index in [1.165, 1.54) is 32.8 Å². The number of ether oxygens (including phenoxy) is 2. The number of carbonyl (C=O) groups is 1. The number of rotatable bonds is 10. The standard InChI is InChI=1S/C24H27NO4/c1-3-4-5-6-7-16-28-21-14-12-19(13-15-21)23-17-22(25-29-23)18-8-10-20(11-9-18)24(26)27-2/h8-15,17H,3-7,16H2,1-2H3. The van der Waals surface area contributed by atoms with Crippen molar-refractivity contribution in [1.29, 1.82) is 0 Å². The maximum Gasteiger partial charge on any atom is 0.337 e. The van der Waals surface area contributed by atoms with Crippen molar-refractivity contribution in [3.63, 3.8) is 0 Å². The van der Waals surface area contributed by atoms with E-state index < -0.39 is 0 Å². The van der Waals surface area contributed by atoms with Crippen molar-refractivity contribution in [1.82, 2.24) is 5.16 Å². The van der Waals surface area contributed by atoms with Crippen molar-refractivity contribution < 1.29 is 18.8 Å². The molecule has 152 valence electrons. The van der Waals surface area contributed by atoms with Crippen LogP contribution in [0.1, 0.15) is 49.4 Å². The molecule has 0 aliphatic rings. The molecule has 0 radical (unpaired) electrons. The topological polar surface area (TPSA) is 61.6 Å². The predicted molar refractivity (Wildman–Crippen MR) is 113 cm³/mol. The Morgan fingerprint density at radius 2 is 1.62 bits per heavy atom. The molecule has 3 rings (SSSR count). The van der Waals surface area contributed by atoms with Crippen molar-refractivity contribution in [2.24, 2.45) is 0 Å². The second kappa shape index (κ2) is 10.5. The van der Waals surface area contributed by atoms with Crippen molar-refractivity contribution in [2.45, 2.75) is 39.0 Å². The average Bonchev–Trinajstić information content (AvgIpc) is 3.26. The van der Waals surface area contributed by atoms with E-state index in [4.69, 9.17) is 14.0 Å². The van der Waals surface area contributed by atoms with E-state index in [0.717, 1.165) is 29.9 Å². The van der Waals surface area contributed by atoms with Crippen molar-refractivity contribution in [3.8, 4) is 28.3 Å². The maximum absolute atomic E-state index is 11.5. The molecular formula is C24H27NO4. The monoisotopic (exact) mass is 393 g/mol. The van der Waals surface area contributed by atoms with Crippen LogP contribution in [0.4, 0.5) is 0 Å². The minimum absolute atomic E-state index is 0.361. The Bertz CT molecular complexity index is 897. The summed E-state index contributed by atoms with van der Waals surface area (Å²) >= 11 is 0. The fourth-order valence-electron chi connectivity index (χ4n) is 3.05.